The molecule has 1 fully saturated rings. The van der Waals surface area contributed by atoms with Gasteiger partial charge in [0.15, 0.2) is 0 Å². The molecule has 0 aromatic heterocycles. The summed E-state index contributed by atoms with van der Waals surface area (Å²) >= 11 is 0. The molecule has 4 N–H and O–H groups in total. The predicted molar refractivity (Wildman–Crippen MR) is 48.2 cm³/mol. The maximum atomic E-state index is 5.54. The van der Waals surface area contributed by atoms with Gasteiger partial charge >= 0.3 is 0 Å². The Balaban J connectivity index is 2.25. The molecule has 1 saturated carbocycles. The van der Waals surface area contributed by atoms with Crippen molar-refractivity contribution in [1.29, 1.82) is 0 Å². The largest absolute Gasteiger partial charge is 0.330 e. The molecule has 66 valence electrons. The summed E-state index contributed by atoms with van der Waals surface area (Å²) in [5, 5.41) is 0. The summed E-state index contributed by atoms with van der Waals surface area (Å²) < 4.78 is 0. The highest BCUT2D eigenvalue weighted by Gasteiger charge is 2.25. The van der Waals surface area contributed by atoms with E-state index in [4.69, 9.17) is 11.5 Å². The quantitative estimate of drug-likeness (QED) is 0.640. The first kappa shape index (κ1) is 9.01. The van der Waals surface area contributed by atoms with Crippen molar-refractivity contribution in [2.24, 2.45) is 23.3 Å². The van der Waals surface area contributed by atoms with Crippen LogP contribution in [0.2, 0.25) is 0 Å². The number of hydrogen-bond donors (Lipinski definition) is 2. The van der Waals surface area contributed by atoms with E-state index in [0.717, 1.165) is 24.9 Å². The van der Waals surface area contributed by atoms with Crippen LogP contribution in [0.1, 0.15) is 32.1 Å². The highest BCUT2D eigenvalue weighted by molar-refractivity contribution is 4.77. The molecule has 2 atom stereocenters. The molecule has 0 spiro atoms. The van der Waals surface area contributed by atoms with E-state index in [1.807, 2.05) is 0 Å². The van der Waals surface area contributed by atoms with Crippen molar-refractivity contribution in [3.05, 3.63) is 0 Å². The predicted octanol–water partition coefficient (Wildman–Crippen LogP) is 1.10. The third kappa shape index (κ3) is 2.46. The number of hydrogen-bond acceptors (Lipinski definition) is 2. The first-order valence-electron chi connectivity index (χ1n) is 4.78. The van der Waals surface area contributed by atoms with Gasteiger partial charge in [-0.3, -0.25) is 0 Å². The summed E-state index contributed by atoms with van der Waals surface area (Å²) in [5.74, 6) is 1.78. The van der Waals surface area contributed by atoms with Gasteiger partial charge in [-0.1, -0.05) is 19.3 Å². The highest BCUT2D eigenvalue weighted by Crippen LogP contribution is 2.35. The van der Waals surface area contributed by atoms with E-state index in [1.54, 1.807) is 0 Å². The van der Waals surface area contributed by atoms with Crippen molar-refractivity contribution in [3.8, 4) is 0 Å². The molecule has 1 rings (SSSR count). The Bertz CT molecular complexity index is 91.7. The second kappa shape index (κ2) is 4.73. The molecule has 1 aliphatic carbocycles. The summed E-state index contributed by atoms with van der Waals surface area (Å²) in [5.41, 5.74) is 11.1. The van der Waals surface area contributed by atoms with Crippen LogP contribution < -0.4 is 11.5 Å². The minimum Gasteiger partial charge on any atom is -0.330 e. The maximum absolute atomic E-state index is 5.54. The van der Waals surface area contributed by atoms with Crippen molar-refractivity contribution in [3.63, 3.8) is 0 Å². The molecule has 0 aliphatic heterocycles. The molecule has 0 saturated heterocycles. The Morgan fingerprint density at radius 1 is 0.909 bits per heavy atom. The fourth-order valence-corrected chi connectivity index (χ4v) is 2.30. The van der Waals surface area contributed by atoms with Crippen LogP contribution in [0.5, 0.6) is 0 Å². The van der Waals surface area contributed by atoms with Gasteiger partial charge in [0.1, 0.15) is 0 Å². The molecular formula is C9H20N2. The van der Waals surface area contributed by atoms with Gasteiger partial charge < -0.3 is 11.5 Å². The third-order valence-electron chi connectivity index (χ3n) is 2.89. The summed E-state index contributed by atoms with van der Waals surface area (Å²) in [7, 11) is 0. The van der Waals surface area contributed by atoms with Crippen LogP contribution in [-0.4, -0.2) is 13.1 Å². The SMILES string of the molecule is NCCC1CCCC1CCN. The van der Waals surface area contributed by atoms with Crippen LogP contribution in [-0.2, 0) is 0 Å². The lowest BCUT2D eigenvalue weighted by Crippen LogP contribution is -2.16. The average molecular weight is 156 g/mol. The van der Waals surface area contributed by atoms with Gasteiger partial charge in [0.2, 0.25) is 0 Å². The van der Waals surface area contributed by atoms with Crippen LogP contribution in [0.15, 0.2) is 0 Å². The summed E-state index contributed by atoms with van der Waals surface area (Å²) in [4.78, 5) is 0. The molecule has 0 amide bonds. The van der Waals surface area contributed by atoms with Crippen LogP contribution >= 0.6 is 0 Å². The van der Waals surface area contributed by atoms with E-state index in [1.165, 1.54) is 32.1 Å². The Morgan fingerprint density at radius 3 is 1.73 bits per heavy atom. The summed E-state index contributed by atoms with van der Waals surface area (Å²) in [6.07, 6.45) is 6.61. The maximum Gasteiger partial charge on any atom is -0.00745 e. The van der Waals surface area contributed by atoms with Crippen molar-refractivity contribution < 1.29 is 0 Å². The van der Waals surface area contributed by atoms with Crippen LogP contribution in [0.4, 0.5) is 0 Å². The smallest absolute Gasteiger partial charge is 0.00745 e. The fourth-order valence-electron chi connectivity index (χ4n) is 2.30. The zero-order valence-electron chi connectivity index (χ0n) is 7.26. The van der Waals surface area contributed by atoms with Crippen LogP contribution in [0, 0.1) is 11.8 Å². The van der Waals surface area contributed by atoms with Crippen molar-refractivity contribution in [2.75, 3.05) is 13.1 Å². The van der Waals surface area contributed by atoms with E-state index in [2.05, 4.69) is 0 Å². The zero-order chi connectivity index (χ0) is 8.10. The average Bonchev–Trinajstić information content (AvgIpc) is 2.39. The van der Waals surface area contributed by atoms with Crippen molar-refractivity contribution in [2.45, 2.75) is 32.1 Å². The van der Waals surface area contributed by atoms with Crippen LogP contribution in [0.3, 0.4) is 0 Å². The molecule has 0 bridgehead atoms. The number of rotatable bonds is 4. The van der Waals surface area contributed by atoms with Gasteiger partial charge in [0, 0.05) is 0 Å². The fraction of sp³-hybridized carbons (Fsp3) is 1.00. The van der Waals surface area contributed by atoms with E-state index >= 15 is 0 Å². The Hall–Kier alpha value is -0.0800. The van der Waals surface area contributed by atoms with Crippen molar-refractivity contribution >= 4 is 0 Å². The lowest BCUT2D eigenvalue weighted by molar-refractivity contribution is 0.352. The third-order valence-corrected chi connectivity index (χ3v) is 2.89. The standard InChI is InChI=1S/C9H20N2/c10-6-4-8-2-1-3-9(8)5-7-11/h8-9H,1-7,10-11H2. The van der Waals surface area contributed by atoms with Crippen LogP contribution in [0.25, 0.3) is 0 Å². The zero-order valence-corrected chi connectivity index (χ0v) is 7.26. The van der Waals surface area contributed by atoms with Gasteiger partial charge in [-0.05, 0) is 37.8 Å². The highest BCUT2D eigenvalue weighted by atomic mass is 14.5. The minimum atomic E-state index is 0.853. The first-order valence-corrected chi connectivity index (χ1v) is 4.78. The molecule has 0 radical (unpaired) electrons. The Kier molecular flexibility index (Phi) is 3.87. The molecule has 0 aromatic rings. The first-order chi connectivity index (χ1) is 5.38. The van der Waals surface area contributed by atoms with E-state index in [-0.39, 0.29) is 0 Å². The molecule has 0 heterocycles. The molecule has 0 aromatic carbocycles. The monoisotopic (exact) mass is 156 g/mol. The molecule has 2 unspecified atom stereocenters. The molecular weight excluding hydrogens is 136 g/mol. The van der Waals surface area contributed by atoms with Crippen molar-refractivity contribution in [1.82, 2.24) is 0 Å². The van der Waals surface area contributed by atoms with E-state index in [9.17, 15) is 0 Å². The second-order valence-electron chi connectivity index (χ2n) is 3.61. The van der Waals surface area contributed by atoms with Gasteiger partial charge in [-0.25, -0.2) is 0 Å². The lowest BCUT2D eigenvalue weighted by atomic mass is 9.90. The summed E-state index contributed by atoms with van der Waals surface area (Å²) in [6.45, 7) is 1.71. The topological polar surface area (TPSA) is 52.0 Å². The van der Waals surface area contributed by atoms with Gasteiger partial charge in [0.05, 0.1) is 0 Å². The molecule has 2 nitrogen and oxygen atoms in total. The second-order valence-corrected chi connectivity index (χ2v) is 3.61. The van der Waals surface area contributed by atoms with Gasteiger partial charge in [0.25, 0.3) is 0 Å². The summed E-state index contributed by atoms with van der Waals surface area (Å²) in [6, 6.07) is 0. The lowest BCUT2D eigenvalue weighted by Gasteiger charge is -2.17. The Morgan fingerprint density at radius 2 is 1.36 bits per heavy atom. The van der Waals surface area contributed by atoms with Gasteiger partial charge in [-0.15, -0.1) is 0 Å². The molecule has 11 heavy (non-hydrogen) atoms. The molecule has 1 aliphatic rings. The van der Waals surface area contributed by atoms with E-state index < -0.39 is 0 Å². The number of nitrogens with two attached hydrogens (primary N) is 2. The van der Waals surface area contributed by atoms with E-state index in [0.29, 0.717) is 0 Å². The molecule has 2 heteroatoms. The minimum absolute atomic E-state index is 0.853. The normalized spacial score (nSPS) is 31.1. The Labute approximate surface area is 69.3 Å². The van der Waals surface area contributed by atoms with Gasteiger partial charge in [-0.2, -0.15) is 0 Å².